The summed E-state index contributed by atoms with van der Waals surface area (Å²) in [6.07, 6.45) is 3.84. The van der Waals surface area contributed by atoms with E-state index in [0.717, 1.165) is 0 Å². The van der Waals surface area contributed by atoms with Gasteiger partial charge in [0, 0.05) is 5.92 Å². The van der Waals surface area contributed by atoms with E-state index in [1.165, 1.54) is 6.92 Å². The molecule has 1 saturated heterocycles. The summed E-state index contributed by atoms with van der Waals surface area (Å²) in [5.74, 6) is -0.480. The second-order valence-electron chi connectivity index (χ2n) is 4.15. The smallest absolute Gasteiger partial charge is 0.279 e. The minimum Gasteiger partial charge on any atom is -0.393 e. The average molecular weight is 221 g/mol. The van der Waals surface area contributed by atoms with E-state index in [1.54, 1.807) is 0 Å². The van der Waals surface area contributed by atoms with Gasteiger partial charge in [0.15, 0.2) is 0 Å². The number of rotatable bonds is 2. The van der Waals surface area contributed by atoms with Crippen molar-refractivity contribution < 1.29 is 19.8 Å². The first-order valence-electron chi connectivity index (χ1n) is 4.66. The third-order valence-electron chi connectivity index (χ3n) is 2.67. The molecule has 0 radical (unpaired) electrons. The maximum Gasteiger partial charge on any atom is 0.279 e. The van der Waals surface area contributed by atoms with Gasteiger partial charge >= 0.3 is 0 Å². The molecule has 0 saturated carbocycles. The lowest BCUT2D eigenvalue weighted by Crippen LogP contribution is -2.47. The molecule has 0 amide bonds. The van der Waals surface area contributed by atoms with Crippen LogP contribution in [0.15, 0.2) is 0 Å². The highest BCUT2D eigenvalue weighted by molar-refractivity contribution is 7.51. The number of hydrogen-bond acceptors (Lipinski definition) is 4. The van der Waals surface area contributed by atoms with Gasteiger partial charge in [-0.25, -0.2) is 0 Å². The molecule has 5 unspecified atom stereocenters. The lowest BCUT2D eigenvalue weighted by atomic mass is 9.92. The van der Waals surface area contributed by atoms with Crippen LogP contribution < -0.4 is 0 Å². The van der Waals surface area contributed by atoms with Crippen LogP contribution in [0.5, 0.6) is 0 Å². The van der Waals surface area contributed by atoms with Crippen molar-refractivity contribution in [2.24, 2.45) is 5.92 Å². The molecule has 0 aliphatic carbocycles. The zero-order valence-electron chi connectivity index (χ0n) is 8.55. The van der Waals surface area contributed by atoms with Gasteiger partial charge in [-0.2, -0.15) is 4.52 Å². The number of aliphatic hydroxyl groups excluding tert-OH is 2. The molecular weight excluding hydrogens is 203 g/mol. The van der Waals surface area contributed by atoms with Crippen molar-refractivity contribution in [3.8, 4) is 0 Å². The highest BCUT2D eigenvalue weighted by atomic mass is 31.1. The second kappa shape index (κ2) is 4.25. The molecule has 5 atom stereocenters. The molecule has 0 aromatic rings. The largest absolute Gasteiger partial charge is 0.393 e. The van der Waals surface area contributed by atoms with Crippen LogP contribution in [-0.4, -0.2) is 45.8 Å². The van der Waals surface area contributed by atoms with E-state index in [4.69, 9.17) is 9.63 Å². The molecule has 14 heavy (non-hydrogen) atoms. The van der Waals surface area contributed by atoms with Gasteiger partial charge in [0.2, 0.25) is 5.85 Å². The summed E-state index contributed by atoms with van der Waals surface area (Å²) in [6.45, 7) is 3.09. The molecule has 82 valence electrons. The standard InChI is InChI=1S/C9H18O4P/c1-6-4-7(9(2,12)5-10)13-14(3)8(6)11/h6-8,10-12H,3-5H2,1-2H3/q+1. The predicted octanol–water partition coefficient (Wildman–Crippen LogP) is 0.302. The Kier molecular flexibility index (Phi) is 3.67. The lowest BCUT2D eigenvalue weighted by Gasteiger charge is -2.33. The molecule has 0 aromatic carbocycles. The zero-order valence-corrected chi connectivity index (χ0v) is 9.44. The Bertz CT molecular complexity index is 229. The fourth-order valence-electron chi connectivity index (χ4n) is 1.48. The van der Waals surface area contributed by atoms with Crippen LogP contribution in [-0.2, 0) is 4.52 Å². The summed E-state index contributed by atoms with van der Waals surface area (Å²) >= 11 is 0. The van der Waals surface area contributed by atoms with Gasteiger partial charge in [-0.1, -0.05) is 6.92 Å². The molecule has 1 aliphatic rings. The second-order valence-corrected chi connectivity index (χ2v) is 5.73. The van der Waals surface area contributed by atoms with E-state index in [9.17, 15) is 10.2 Å². The third kappa shape index (κ3) is 2.33. The van der Waals surface area contributed by atoms with Crippen molar-refractivity contribution in [2.75, 3.05) is 6.61 Å². The van der Waals surface area contributed by atoms with E-state index in [0.29, 0.717) is 6.42 Å². The summed E-state index contributed by atoms with van der Waals surface area (Å²) in [5.41, 5.74) is -1.24. The Morgan fingerprint density at radius 2 is 2.21 bits per heavy atom. The molecule has 0 bridgehead atoms. The van der Waals surface area contributed by atoms with Gasteiger partial charge < -0.3 is 15.3 Å². The summed E-state index contributed by atoms with van der Waals surface area (Å²) in [5, 5.41) is 28.4. The molecule has 1 heterocycles. The summed E-state index contributed by atoms with van der Waals surface area (Å²) in [7, 11) is -1.17. The Labute approximate surface area is 85.0 Å². The number of aliphatic hydroxyl groups is 3. The summed E-state index contributed by atoms with van der Waals surface area (Å²) in [6, 6.07) is 0. The van der Waals surface area contributed by atoms with E-state index in [-0.39, 0.29) is 12.5 Å². The fraction of sp³-hybridized carbons (Fsp3) is 0.889. The van der Waals surface area contributed by atoms with E-state index in [1.807, 2.05) is 6.92 Å². The minimum atomic E-state index is -1.24. The summed E-state index contributed by atoms with van der Waals surface area (Å²) in [4.78, 5) is 0. The van der Waals surface area contributed by atoms with E-state index >= 15 is 0 Å². The molecule has 0 spiro atoms. The number of hydrogen-bond donors (Lipinski definition) is 3. The van der Waals surface area contributed by atoms with Crippen molar-refractivity contribution in [3.63, 3.8) is 0 Å². The molecule has 4 nitrogen and oxygen atoms in total. The Balaban J connectivity index is 2.71. The molecule has 1 fully saturated rings. The quantitative estimate of drug-likeness (QED) is 0.587. The molecule has 1 rings (SSSR count). The molecule has 0 aromatic heterocycles. The van der Waals surface area contributed by atoms with Crippen molar-refractivity contribution in [3.05, 3.63) is 0 Å². The molecule has 5 heteroatoms. The van der Waals surface area contributed by atoms with Crippen molar-refractivity contribution >= 4 is 14.1 Å². The summed E-state index contributed by atoms with van der Waals surface area (Å²) < 4.78 is 5.42. The van der Waals surface area contributed by atoms with Gasteiger partial charge in [-0.05, 0) is 13.3 Å². The molecular formula is C9H18O4P+. The predicted molar refractivity (Wildman–Crippen MR) is 56.4 cm³/mol. The Morgan fingerprint density at radius 1 is 1.64 bits per heavy atom. The molecule has 1 aliphatic heterocycles. The lowest BCUT2D eigenvalue weighted by molar-refractivity contribution is -0.0956. The van der Waals surface area contributed by atoms with Gasteiger partial charge in [0.1, 0.15) is 18.0 Å². The van der Waals surface area contributed by atoms with Crippen molar-refractivity contribution in [1.82, 2.24) is 0 Å². The van der Waals surface area contributed by atoms with Crippen LogP contribution in [0.3, 0.4) is 0 Å². The minimum absolute atomic E-state index is 0.0513. The van der Waals surface area contributed by atoms with Gasteiger partial charge in [0.05, 0.1) is 6.61 Å². The topological polar surface area (TPSA) is 69.9 Å². The first-order valence-corrected chi connectivity index (χ1v) is 6.17. The maximum atomic E-state index is 9.80. The highest BCUT2D eigenvalue weighted by Crippen LogP contribution is 2.44. The zero-order chi connectivity index (χ0) is 10.9. The fourth-order valence-corrected chi connectivity index (χ4v) is 2.94. The van der Waals surface area contributed by atoms with Crippen LogP contribution in [0.25, 0.3) is 0 Å². The van der Waals surface area contributed by atoms with E-state index in [2.05, 4.69) is 6.30 Å². The average Bonchev–Trinajstić information content (AvgIpc) is 2.13. The van der Waals surface area contributed by atoms with Gasteiger partial charge in [0.25, 0.3) is 7.77 Å². The molecule has 3 N–H and O–H groups in total. The Hall–Kier alpha value is 0.01000. The van der Waals surface area contributed by atoms with Crippen LogP contribution in [0.4, 0.5) is 0 Å². The monoisotopic (exact) mass is 221 g/mol. The van der Waals surface area contributed by atoms with Gasteiger partial charge in [-0.3, -0.25) is 0 Å². The van der Waals surface area contributed by atoms with E-state index < -0.39 is 25.3 Å². The third-order valence-corrected chi connectivity index (χ3v) is 4.29. The highest BCUT2D eigenvalue weighted by Gasteiger charge is 2.46. The first-order chi connectivity index (χ1) is 6.38. The Morgan fingerprint density at radius 3 is 2.64 bits per heavy atom. The van der Waals surface area contributed by atoms with Crippen LogP contribution >= 0.6 is 7.77 Å². The van der Waals surface area contributed by atoms with Crippen molar-refractivity contribution in [2.45, 2.75) is 37.8 Å². The SMILES string of the molecule is C=[P+]1OC(C(C)(O)CO)CC(C)C1O. The normalized spacial score (nSPS) is 40.6. The van der Waals surface area contributed by atoms with Gasteiger partial charge in [-0.15, -0.1) is 0 Å². The maximum absolute atomic E-state index is 9.80. The van der Waals surface area contributed by atoms with Crippen LogP contribution in [0.1, 0.15) is 20.3 Å². The van der Waals surface area contributed by atoms with Crippen molar-refractivity contribution in [1.29, 1.82) is 0 Å². The first kappa shape index (κ1) is 12.1. The van der Waals surface area contributed by atoms with Crippen LogP contribution in [0, 0.1) is 5.92 Å². The van der Waals surface area contributed by atoms with Crippen LogP contribution in [0.2, 0.25) is 0 Å².